The lowest BCUT2D eigenvalue weighted by atomic mass is 9.93. The van der Waals surface area contributed by atoms with Crippen molar-refractivity contribution in [3.63, 3.8) is 0 Å². The first-order valence-corrected chi connectivity index (χ1v) is 11.6. The van der Waals surface area contributed by atoms with Crippen LogP contribution in [0, 0.1) is 20.8 Å². The molecule has 2 aromatic carbocycles. The first-order valence-electron chi connectivity index (χ1n) is 10.8. The van der Waals surface area contributed by atoms with E-state index in [4.69, 9.17) is 9.47 Å². The summed E-state index contributed by atoms with van der Waals surface area (Å²) in [7, 11) is 2.77. The third kappa shape index (κ3) is 4.19. The molecule has 0 bridgehead atoms. The summed E-state index contributed by atoms with van der Waals surface area (Å²) in [6.45, 7) is 5.32. The Morgan fingerprint density at radius 1 is 1.09 bits per heavy atom. The number of amides is 1. The minimum atomic E-state index is -0.985. The average Bonchev–Trinajstić information content (AvgIpc) is 3.36. The van der Waals surface area contributed by atoms with Crippen molar-refractivity contribution < 1.29 is 29.0 Å². The highest BCUT2D eigenvalue weighted by Crippen LogP contribution is 2.44. The fraction of sp³-hybridized carbons (Fsp3) is 0.231. The molecule has 4 rings (SSSR count). The van der Waals surface area contributed by atoms with Gasteiger partial charge in [-0.25, -0.2) is 9.78 Å². The number of Topliss-reactive ketones (excluding diaryl/α,β-unsaturated/α-hetero) is 1. The van der Waals surface area contributed by atoms with E-state index in [9.17, 15) is 19.5 Å². The quantitative estimate of drug-likeness (QED) is 0.242. The number of hydrogen-bond acceptors (Lipinski definition) is 8. The van der Waals surface area contributed by atoms with E-state index in [2.05, 4.69) is 4.98 Å². The van der Waals surface area contributed by atoms with Gasteiger partial charge < -0.3 is 14.6 Å². The van der Waals surface area contributed by atoms with Crippen molar-refractivity contribution in [1.29, 1.82) is 0 Å². The number of anilines is 1. The number of aromatic nitrogens is 1. The van der Waals surface area contributed by atoms with Crippen LogP contribution in [0.5, 0.6) is 5.75 Å². The summed E-state index contributed by atoms with van der Waals surface area (Å²) >= 11 is 0.951. The minimum absolute atomic E-state index is 0.0653. The molecule has 1 aliphatic heterocycles. The molecule has 0 saturated carbocycles. The molecule has 1 atom stereocenters. The Balaban J connectivity index is 1.98. The van der Waals surface area contributed by atoms with Gasteiger partial charge in [-0.1, -0.05) is 41.2 Å². The van der Waals surface area contributed by atoms with Crippen LogP contribution >= 0.6 is 11.3 Å². The van der Waals surface area contributed by atoms with Gasteiger partial charge in [-0.15, -0.1) is 0 Å². The summed E-state index contributed by atoms with van der Waals surface area (Å²) in [5.41, 5.74) is 2.95. The molecule has 35 heavy (non-hydrogen) atoms. The van der Waals surface area contributed by atoms with Crippen molar-refractivity contribution in [2.75, 3.05) is 19.1 Å². The largest absolute Gasteiger partial charge is 0.507 e. The van der Waals surface area contributed by atoms with Crippen molar-refractivity contribution in [2.45, 2.75) is 26.8 Å². The SMILES string of the molecule is COC(=O)c1sc(N2C(=O)C(=O)C(=C(O)c3cc(C)ccc3C)C2c2cccc(OC)c2)nc1C. The van der Waals surface area contributed by atoms with E-state index < -0.39 is 23.7 Å². The number of carbonyl (C=O) groups is 3. The van der Waals surface area contributed by atoms with E-state index >= 15 is 0 Å². The Morgan fingerprint density at radius 3 is 2.51 bits per heavy atom. The zero-order valence-corrected chi connectivity index (χ0v) is 20.7. The first-order chi connectivity index (χ1) is 16.7. The molecule has 0 aliphatic carbocycles. The van der Waals surface area contributed by atoms with Crippen molar-refractivity contribution in [2.24, 2.45) is 0 Å². The van der Waals surface area contributed by atoms with Crippen LogP contribution in [-0.4, -0.2) is 42.0 Å². The fourth-order valence-electron chi connectivity index (χ4n) is 4.06. The van der Waals surface area contributed by atoms with Crippen LogP contribution in [0.2, 0.25) is 0 Å². The van der Waals surface area contributed by atoms with Crippen LogP contribution in [0.25, 0.3) is 5.76 Å². The monoisotopic (exact) mass is 492 g/mol. The molecule has 1 N–H and O–H groups in total. The highest BCUT2D eigenvalue weighted by Gasteiger charge is 2.48. The number of aliphatic hydroxyl groups excluding tert-OH is 1. The van der Waals surface area contributed by atoms with Crippen LogP contribution in [-0.2, 0) is 14.3 Å². The summed E-state index contributed by atoms with van der Waals surface area (Å²) in [5.74, 6) is -2.04. The molecule has 1 aromatic heterocycles. The van der Waals surface area contributed by atoms with Crippen LogP contribution in [0.15, 0.2) is 48.0 Å². The van der Waals surface area contributed by atoms with Gasteiger partial charge in [0.15, 0.2) is 5.13 Å². The molecule has 0 spiro atoms. The third-order valence-electron chi connectivity index (χ3n) is 5.86. The van der Waals surface area contributed by atoms with E-state index in [1.165, 1.54) is 19.1 Å². The van der Waals surface area contributed by atoms with Crippen molar-refractivity contribution in [3.05, 3.63) is 80.9 Å². The number of aryl methyl sites for hydroxylation is 3. The molecular weight excluding hydrogens is 468 g/mol. The number of aliphatic hydroxyl groups is 1. The zero-order chi connectivity index (χ0) is 25.4. The van der Waals surface area contributed by atoms with E-state index in [1.54, 1.807) is 37.3 Å². The standard InChI is InChI=1S/C26H24N2O6S/c1-13-9-10-14(2)18(11-13)21(29)19-20(16-7-6-8-17(12-16)33-4)28(24(31)22(19)30)26-27-15(3)23(35-26)25(32)34-5/h6-12,20,29H,1-5H3. The van der Waals surface area contributed by atoms with Crippen molar-refractivity contribution in [1.82, 2.24) is 4.98 Å². The number of methoxy groups -OCH3 is 2. The number of ketones is 1. The molecule has 0 radical (unpaired) electrons. The lowest BCUT2D eigenvalue weighted by Crippen LogP contribution is -2.29. The smallest absolute Gasteiger partial charge is 0.350 e. The van der Waals surface area contributed by atoms with E-state index in [-0.39, 0.29) is 21.3 Å². The summed E-state index contributed by atoms with van der Waals surface area (Å²) in [4.78, 5) is 44.7. The lowest BCUT2D eigenvalue weighted by Gasteiger charge is -2.23. The van der Waals surface area contributed by atoms with E-state index in [0.29, 0.717) is 22.6 Å². The van der Waals surface area contributed by atoms with Crippen LogP contribution in [0.3, 0.4) is 0 Å². The molecule has 180 valence electrons. The first kappa shape index (κ1) is 24.2. The zero-order valence-electron chi connectivity index (χ0n) is 19.9. The second-order valence-electron chi connectivity index (χ2n) is 8.17. The maximum absolute atomic E-state index is 13.4. The van der Waals surface area contributed by atoms with Gasteiger partial charge >= 0.3 is 11.9 Å². The Hall–Kier alpha value is -3.98. The summed E-state index contributed by atoms with van der Waals surface area (Å²) in [5, 5.41) is 11.5. The summed E-state index contributed by atoms with van der Waals surface area (Å²) < 4.78 is 10.2. The molecule has 1 amide bonds. The molecule has 1 aliphatic rings. The molecule has 8 nitrogen and oxygen atoms in total. The highest BCUT2D eigenvalue weighted by atomic mass is 32.1. The van der Waals surface area contributed by atoms with E-state index in [0.717, 1.165) is 22.5 Å². The number of benzene rings is 2. The maximum atomic E-state index is 13.4. The summed E-state index contributed by atoms with van der Waals surface area (Å²) in [6, 6.07) is 11.4. The second-order valence-corrected chi connectivity index (χ2v) is 9.14. The lowest BCUT2D eigenvalue weighted by molar-refractivity contribution is -0.132. The van der Waals surface area contributed by atoms with Gasteiger partial charge in [0.2, 0.25) is 0 Å². The topological polar surface area (TPSA) is 106 Å². The molecule has 2 heterocycles. The van der Waals surface area contributed by atoms with Gasteiger partial charge in [-0.3, -0.25) is 14.5 Å². The Morgan fingerprint density at radius 2 is 1.83 bits per heavy atom. The minimum Gasteiger partial charge on any atom is -0.507 e. The molecule has 3 aromatic rings. The molecular formula is C26H24N2O6S. The molecule has 1 unspecified atom stereocenters. The highest BCUT2D eigenvalue weighted by molar-refractivity contribution is 7.17. The fourth-order valence-corrected chi connectivity index (χ4v) is 5.07. The Bertz CT molecular complexity index is 1390. The van der Waals surface area contributed by atoms with Crippen LogP contribution < -0.4 is 9.64 Å². The molecule has 9 heteroatoms. The van der Waals surface area contributed by atoms with Gasteiger partial charge in [0.1, 0.15) is 16.4 Å². The Kier molecular flexibility index (Phi) is 6.45. The number of ether oxygens (including phenoxy) is 2. The van der Waals surface area contributed by atoms with Gasteiger partial charge in [-0.2, -0.15) is 0 Å². The maximum Gasteiger partial charge on any atom is 0.350 e. The van der Waals surface area contributed by atoms with Gasteiger partial charge in [-0.05, 0) is 50.1 Å². The second kappa shape index (κ2) is 9.34. The number of hydrogen-bond donors (Lipinski definition) is 1. The Labute approximate surface area is 206 Å². The van der Waals surface area contributed by atoms with Gasteiger partial charge in [0, 0.05) is 5.56 Å². The normalized spacial score (nSPS) is 17.1. The predicted molar refractivity (Wildman–Crippen MR) is 132 cm³/mol. The number of rotatable bonds is 5. The predicted octanol–water partition coefficient (Wildman–Crippen LogP) is 4.49. The van der Waals surface area contributed by atoms with Crippen LogP contribution in [0.4, 0.5) is 5.13 Å². The third-order valence-corrected chi connectivity index (χ3v) is 7.00. The van der Waals surface area contributed by atoms with E-state index in [1.807, 2.05) is 26.0 Å². The molecule has 1 fully saturated rings. The number of nitrogens with zero attached hydrogens (tertiary/aromatic N) is 2. The summed E-state index contributed by atoms with van der Waals surface area (Å²) in [6.07, 6.45) is 0. The molecule has 1 saturated heterocycles. The van der Waals surface area contributed by atoms with Gasteiger partial charge in [0.25, 0.3) is 5.78 Å². The average molecular weight is 493 g/mol. The van der Waals surface area contributed by atoms with Crippen LogP contribution in [0.1, 0.15) is 43.7 Å². The number of esters is 1. The van der Waals surface area contributed by atoms with Crippen molar-refractivity contribution >= 4 is 39.9 Å². The van der Waals surface area contributed by atoms with Crippen molar-refractivity contribution in [3.8, 4) is 5.75 Å². The number of carbonyl (C=O) groups excluding carboxylic acids is 3. The van der Waals surface area contributed by atoms with Gasteiger partial charge in [0.05, 0.1) is 31.5 Å². The number of thiazole rings is 1.